The Bertz CT molecular complexity index is 849. The first-order valence-electron chi connectivity index (χ1n) is 6.76. The molecule has 7 heteroatoms. The van der Waals surface area contributed by atoms with E-state index in [1.807, 2.05) is 36.6 Å². The molecule has 0 fully saturated rings. The smallest absolute Gasteiger partial charge is 0.212 e. The highest BCUT2D eigenvalue weighted by Gasteiger charge is 2.12. The molecule has 0 radical (unpaired) electrons. The van der Waals surface area contributed by atoms with Crippen LogP contribution in [0.3, 0.4) is 0 Å². The molecule has 23 heavy (non-hydrogen) atoms. The van der Waals surface area contributed by atoms with E-state index in [1.165, 1.54) is 17.8 Å². The summed E-state index contributed by atoms with van der Waals surface area (Å²) in [7, 11) is 0. The van der Waals surface area contributed by atoms with Gasteiger partial charge in [0.1, 0.15) is 5.75 Å². The molecular formula is C16H13ClN4OS. The van der Waals surface area contributed by atoms with Crippen LogP contribution in [0, 0.1) is 0 Å². The molecule has 0 bridgehead atoms. The molecule has 1 heterocycles. The molecule has 3 rings (SSSR count). The minimum Gasteiger partial charge on any atom is -0.506 e. The van der Waals surface area contributed by atoms with Crippen molar-refractivity contribution in [2.24, 2.45) is 5.10 Å². The quantitative estimate of drug-likeness (QED) is 0.575. The number of halogens is 1. The van der Waals surface area contributed by atoms with Crippen LogP contribution in [-0.4, -0.2) is 32.5 Å². The Balaban J connectivity index is 2.00. The van der Waals surface area contributed by atoms with Gasteiger partial charge in [-0.2, -0.15) is 9.78 Å². The van der Waals surface area contributed by atoms with Gasteiger partial charge in [0, 0.05) is 5.56 Å². The van der Waals surface area contributed by atoms with E-state index in [0.29, 0.717) is 11.0 Å². The van der Waals surface area contributed by atoms with Gasteiger partial charge in [0.2, 0.25) is 5.16 Å². The zero-order valence-corrected chi connectivity index (χ0v) is 13.8. The summed E-state index contributed by atoms with van der Waals surface area (Å²) in [5, 5.41) is 23.3. The van der Waals surface area contributed by atoms with Crippen molar-refractivity contribution in [3.8, 4) is 17.1 Å². The molecule has 2 aromatic carbocycles. The Morgan fingerprint density at radius 1 is 1.17 bits per heavy atom. The Labute approximate surface area is 142 Å². The first kappa shape index (κ1) is 15.6. The number of hydrogen-bond donors (Lipinski definition) is 1. The van der Waals surface area contributed by atoms with Crippen LogP contribution in [-0.2, 0) is 0 Å². The third kappa shape index (κ3) is 3.38. The molecule has 5 nitrogen and oxygen atoms in total. The summed E-state index contributed by atoms with van der Waals surface area (Å²) >= 11 is 7.37. The number of nitrogens with zero attached hydrogens (tertiary/aromatic N) is 4. The molecule has 1 aromatic heterocycles. The van der Waals surface area contributed by atoms with Gasteiger partial charge in [-0.15, -0.1) is 10.2 Å². The van der Waals surface area contributed by atoms with Gasteiger partial charge in [-0.3, -0.25) is 0 Å². The topological polar surface area (TPSA) is 63.3 Å². The van der Waals surface area contributed by atoms with Crippen LogP contribution >= 0.6 is 23.4 Å². The number of phenols is 1. The second-order valence-electron chi connectivity index (χ2n) is 4.64. The van der Waals surface area contributed by atoms with Crippen LogP contribution in [0.4, 0.5) is 0 Å². The Morgan fingerprint density at radius 2 is 1.96 bits per heavy atom. The summed E-state index contributed by atoms with van der Waals surface area (Å²) in [6.45, 7) is 0. The molecular weight excluding hydrogens is 332 g/mol. The number of thioether (sulfide) groups is 1. The minimum atomic E-state index is 0.0443. The zero-order valence-electron chi connectivity index (χ0n) is 12.2. The number of phenolic OH excluding ortho intramolecular Hbond substituents is 1. The second kappa shape index (κ2) is 6.85. The van der Waals surface area contributed by atoms with Crippen molar-refractivity contribution in [2.75, 3.05) is 6.26 Å². The molecule has 0 amide bonds. The fourth-order valence-corrected chi connectivity index (χ4v) is 2.61. The molecule has 0 unspecified atom stereocenters. The maximum absolute atomic E-state index is 9.47. The lowest BCUT2D eigenvalue weighted by Crippen LogP contribution is -1.96. The minimum absolute atomic E-state index is 0.0443. The largest absolute Gasteiger partial charge is 0.506 e. The third-order valence-electron chi connectivity index (χ3n) is 3.12. The maximum atomic E-state index is 9.47. The van der Waals surface area contributed by atoms with Crippen LogP contribution in [0.1, 0.15) is 5.56 Å². The molecule has 0 aliphatic rings. The van der Waals surface area contributed by atoms with E-state index in [9.17, 15) is 5.11 Å². The molecule has 0 aliphatic carbocycles. The van der Waals surface area contributed by atoms with E-state index in [1.54, 1.807) is 23.0 Å². The highest BCUT2D eigenvalue weighted by molar-refractivity contribution is 7.98. The molecule has 116 valence electrons. The summed E-state index contributed by atoms with van der Waals surface area (Å²) in [4.78, 5) is 0. The highest BCUT2D eigenvalue weighted by atomic mass is 35.5. The lowest BCUT2D eigenvalue weighted by molar-refractivity contribution is 0.475. The van der Waals surface area contributed by atoms with E-state index in [0.717, 1.165) is 11.1 Å². The summed E-state index contributed by atoms with van der Waals surface area (Å²) in [5.74, 6) is 0.707. The van der Waals surface area contributed by atoms with Crippen molar-refractivity contribution in [1.82, 2.24) is 14.9 Å². The van der Waals surface area contributed by atoms with Crippen LogP contribution in [0.25, 0.3) is 11.4 Å². The number of aromatic hydroxyl groups is 1. The SMILES string of the molecule is CSc1nnc(-c2ccccc2)n1/N=C/c1ccc(O)c(Cl)c1. The van der Waals surface area contributed by atoms with Crippen LogP contribution < -0.4 is 0 Å². The number of rotatable bonds is 4. The van der Waals surface area contributed by atoms with E-state index >= 15 is 0 Å². The Morgan fingerprint density at radius 3 is 2.65 bits per heavy atom. The summed E-state index contributed by atoms with van der Waals surface area (Å²) in [6.07, 6.45) is 3.57. The lowest BCUT2D eigenvalue weighted by Gasteiger charge is -2.03. The lowest BCUT2D eigenvalue weighted by atomic mass is 10.2. The predicted octanol–water partition coefficient (Wildman–Crippen LogP) is 3.91. The zero-order chi connectivity index (χ0) is 16.2. The molecule has 0 saturated heterocycles. The van der Waals surface area contributed by atoms with E-state index in [4.69, 9.17) is 11.6 Å². The molecule has 3 aromatic rings. The van der Waals surface area contributed by atoms with Crippen LogP contribution in [0.5, 0.6) is 5.75 Å². The molecule has 0 aliphatic heterocycles. The van der Waals surface area contributed by atoms with E-state index < -0.39 is 0 Å². The fourth-order valence-electron chi connectivity index (χ4n) is 1.99. The van der Waals surface area contributed by atoms with Crippen molar-refractivity contribution in [2.45, 2.75) is 5.16 Å². The monoisotopic (exact) mass is 344 g/mol. The molecule has 0 atom stereocenters. The van der Waals surface area contributed by atoms with Gasteiger partial charge in [0.25, 0.3) is 0 Å². The third-order valence-corrected chi connectivity index (χ3v) is 4.04. The Hall–Kier alpha value is -2.31. The van der Waals surface area contributed by atoms with Crippen molar-refractivity contribution >= 4 is 29.6 Å². The van der Waals surface area contributed by atoms with Gasteiger partial charge < -0.3 is 5.11 Å². The van der Waals surface area contributed by atoms with E-state index in [2.05, 4.69) is 15.3 Å². The van der Waals surface area contributed by atoms with Crippen LogP contribution in [0.2, 0.25) is 5.02 Å². The fraction of sp³-hybridized carbons (Fsp3) is 0.0625. The number of hydrogen-bond acceptors (Lipinski definition) is 5. The summed E-state index contributed by atoms with van der Waals surface area (Å²) < 4.78 is 1.68. The normalized spacial score (nSPS) is 11.2. The van der Waals surface area contributed by atoms with Crippen molar-refractivity contribution in [3.63, 3.8) is 0 Å². The van der Waals surface area contributed by atoms with Gasteiger partial charge in [-0.05, 0) is 30.0 Å². The van der Waals surface area contributed by atoms with Gasteiger partial charge in [-0.25, -0.2) is 0 Å². The van der Waals surface area contributed by atoms with E-state index in [-0.39, 0.29) is 10.8 Å². The van der Waals surface area contributed by atoms with Gasteiger partial charge in [-0.1, -0.05) is 53.7 Å². The average molecular weight is 345 g/mol. The highest BCUT2D eigenvalue weighted by Crippen LogP contribution is 2.24. The second-order valence-corrected chi connectivity index (χ2v) is 5.82. The molecule has 0 saturated carbocycles. The average Bonchev–Trinajstić information content (AvgIpc) is 2.99. The predicted molar refractivity (Wildman–Crippen MR) is 93.3 cm³/mol. The number of benzene rings is 2. The molecule has 0 spiro atoms. The molecule has 1 N–H and O–H groups in total. The van der Waals surface area contributed by atoms with Gasteiger partial charge in [0.15, 0.2) is 5.82 Å². The Kier molecular flexibility index (Phi) is 4.64. The van der Waals surface area contributed by atoms with Crippen molar-refractivity contribution < 1.29 is 5.11 Å². The summed E-state index contributed by atoms with van der Waals surface area (Å²) in [6, 6.07) is 14.6. The first-order chi connectivity index (χ1) is 11.2. The van der Waals surface area contributed by atoms with Gasteiger partial charge in [0.05, 0.1) is 11.2 Å². The first-order valence-corrected chi connectivity index (χ1v) is 8.37. The standard InChI is InChI=1S/C16H13ClN4OS/c1-23-16-20-19-15(12-5-3-2-4-6-12)21(16)18-10-11-7-8-14(22)13(17)9-11/h2-10,22H,1H3/b18-10+. The summed E-state index contributed by atoms with van der Waals surface area (Å²) in [5.41, 5.74) is 1.70. The van der Waals surface area contributed by atoms with Crippen molar-refractivity contribution in [1.29, 1.82) is 0 Å². The van der Waals surface area contributed by atoms with Gasteiger partial charge >= 0.3 is 0 Å². The van der Waals surface area contributed by atoms with Crippen molar-refractivity contribution in [3.05, 3.63) is 59.1 Å². The number of aromatic nitrogens is 3. The maximum Gasteiger partial charge on any atom is 0.212 e. The van der Waals surface area contributed by atoms with Crippen LogP contribution in [0.15, 0.2) is 58.8 Å².